The number of para-hydroxylation sites is 1. The molecule has 3 nitrogen and oxygen atoms in total. The first-order valence-electron chi connectivity index (χ1n) is 6.00. The molecule has 20 heavy (non-hydrogen) atoms. The molecule has 2 rings (SSSR count). The fourth-order valence-corrected chi connectivity index (χ4v) is 1.89. The van der Waals surface area contributed by atoms with Gasteiger partial charge in [-0.05, 0) is 42.3 Å². The summed E-state index contributed by atoms with van der Waals surface area (Å²) in [5, 5.41) is 9.01. The maximum absolute atomic E-state index is 10.5. The highest BCUT2D eigenvalue weighted by Crippen LogP contribution is 2.31. The molecule has 0 saturated heterocycles. The molecule has 0 fully saturated rings. The molecule has 0 spiro atoms. The van der Waals surface area contributed by atoms with Gasteiger partial charge in [-0.25, -0.2) is 4.79 Å². The van der Waals surface area contributed by atoms with Crippen molar-refractivity contribution in [1.82, 2.24) is 0 Å². The molecule has 0 aliphatic carbocycles. The van der Waals surface area contributed by atoms with Crippen LogP contribution in [-0.4, -0.2) is 11.1 Å². The Balaban J connectivity index is 2.22. The van der Waals surface area contributed by atoms with Crippen LogP contribution >= 0.6 is 11.6 Å². The zero-order valence-corrected chi connectivity index (χ0v) is 11.6. The minimum atomic E-state index is -0.999. The summed E-state index contributed by atoms with van der Waals surface area (Å²) in [7, 11) is 0. The van der Waals surface area contributed by atoms with Gasteiger partial charge < -0.3 is 9.84 Å². The van der Waals surface area contributed by atoms with E-state index in [-0.39, 0.29) is 0 Å². The van der Waals surface area contributed by atoms with Crippen LogP contribution in [-0.2, 0) is 4.79 Å². The van der Waals surface area contributed by atoms with E-state index in [1.165, 1.54) is 6.08 Å². The molecule has 0 radical (unpaired) electrons. The predicted octanol–water partition coefficient (Wildman–Crippen LogP) is 4.54. The number of carboxylic acid groups (broad SMARTS) is 1. The van der Waals surface area contributed by atoms with Crippen LogP contribution in [0.25, 0.3) is 6.08 Å². The SMILES string of the molecule is Cc1ccccc1Oc1ccc(/C=C/C(=O)O)cc1Cl. The largest absolute Gasteiger partial charge is 0.478 e. The van der Waals surface area contributed by atoms with Gasteiger partial charge in [0.25, 0.3) is 0 Å². The summed E-state index contributed by atoms with van der Waals surface area (Å²) >= 11 is 6.14. The molecule has 0 aliphatic rings. The van der Waals surface area contributed by atoms with Crippen LogP contribution in [0.2, 0.25) is 5.02 Å². The number of aliphatic carboxylic acids is 1. The lowest BCUT2D eigenvalue weighted by Crippen LogP contribution is -1.89. The summed E-state index contributed by atoms with van der Waals surface area (Å²) in [5.74, 6) is 0.276. The van der Waals surface area contributed by atoms with Crippen molar-refractivity contribution >= 4 is 23.6 Å². The van der Waals surface area contributed by atoms with E-state index in [4.69, 9.17) is 21.4 Å². The molecule has 1 N–H and O–H groups in total. The molecule has 0 bridgehead atoms. The number of halogens is 1. The summed E-state index contributed by atoms with van der Waals surface area (Å²) in [6.45, 7) is 1.95. The molecule has 0 aliphatic heterocycles. The fourth-order valence-electron chi connectivity index (χ4n) is 1.66. The molecule has 0 saturated carbocycles. The van der Waals surface area contributed by atoms with Crippen LogP contribution in [0.4, 0.5) is 0 Å². The smallest absolute Gasteiger partial charge is 0.328 e. The van der Waals surface area contributed by atoms with Crippen molar-refractivity contribution in [1.29, 1.82) is 0 Å². The molecule has 0 aromatic heterocycles. The van der Waals surface area contributed by atoms with E-state index in [2.05, 4.69) is 0 Å². The van der Waals surface area contributed by atoms with Crippen molar-refractivity contribution in [2.45, 2.75) is 6.92 Å². The normalized spacial score (nSPS) is 10.7. The van der Waals surface area contributed by atoms with Crippen LogP contribution in [0.1, 0.15) is 11.1 Å². The van der Waals surface area contributed by atoms with E-state index in [0.717, 1.165) is 17.4 Å². The Morgan fingerprint density at radius 2 is 1.95 bits per heavy atom. The monoisotopic (exact) mass is 288 g/mol. The highest BCUT2D eigenvalue weighted by molar-refractivity contribution is 6.32. The van der Waals surface area contributed by atoms with E-state index < -0.39 is 5.97 Å². The number of carboxylic acids is 1. The van der Waals surface area contributed by atoms with Gasteiger partial charge in [-0.1, -0.05) is 35.9 Å². The van der Waals surface area contributed by atoms with Gasteiger partial charge in [0, 0.05) is 6.08 Å². The first-order chi connectivity index (χ1) is 9.56. The van der Waals surface area contributed by atoms with Gasteiger partial charge in [-0.15, -0.1) is 0 Å². The van der Waals surface area contributed by atoms with Crippen molar-refractivity contribution < 1.29 is 14.6 Å². The Hall–Kier alpha value is -2.26. The molecule has 2 aromatic rings. The van der Waals surface area contributed by atoms with Crippen molar-refractivity contribution in [2.75, 3.05) is 0 Å². The second-order valence-corrected chi connectivity index (χ2v) is 4.64. The third-order valence-electron chi connectivity index (χ3n) is 2.69. The Labute approximate surface area is 122 Å². The highest BCUT2D eigenvalue weighted by atomic mass is 35.5. The number of aryl methyl sites for hydroxylation is 1. The van der Waals surface area contributed by atoms with E-state index in [0.29, 0.717) is 16.3 Å². The summed E-state index contributed by atoms with van der Waals surface area (Å²) < 4.78 is 5.75. The maximum atomic E-state index is 10.5. The van der Waals surface area contributed by atoms with Gasteiger partial charge in [0.05, 0.1) is 5.02 Å². The number of ether oxygens (including phenoxy) is 1. The van der Waals surface area contributed by atoms with Gasteiger partial charge >= 0.3 is 5.97 Å². The zero-order valence-electron chi connectivity index (χ0n) is 10.8. The van der Waals surface area contributed by atoms with Crippen LogP contribution in [0.5, 0.6) is 11.5 Å². The number of benzene rings is 2. The zero-order chi connectivity index (χ0) is 14.5. The van der Waals surface area contributed by atoms with Crippen LogP contribution in [0.15, 0.2) is 48.5 Å². The summed E-state index contributed by atoms with van der Waals surface area (Å²) in [6.07, 6.45) is 2.54. The predicted molar refractivity (Wildman–Crippen MR) is 79.4 cm³/mol. The van der Waals surface area contributed by atoms with Crippen LogP contribution in [0.3, 0.4) is 0 Å². The van der Waals surface area contributed by atoms with Crippen molar-refractivity contribution in [3.63, 3.8) is 0 Å². The Bertz CT molecular complexity index is 663. The average molecular weight is 289 g/mol. The molecule has 4 heteroatoms. The topological polar surface area (TPSA) is 46.5 Å². The molecule has 102 valence electrons. The number of carbonyl (C=O) groups is 1. The van der Waals surface area contributed by atoms with E-state index >= 15 is 0 Å². The van der Waals surface area contributed by atoms with Crippen molar-refractivity contribution in [2.24, 2.45) is 0 Å². The van der Waals surface area contributed by atoms with E-state index in [1.54, 1.807) is 18.2 Å². The average Bonchev–Trinajstić information content (AvgIpc) is 2.41. The van der Waals surface area contributed by atoms with E-state index in [9.17, 15) is 4.79 Å². The Morgan fingerprint density at radius 3 is 2.60 bits per heavy atom. The summed E-state index contributed by atoms with van der Waals surface area (Å²) in [6, 6.07) is 12.8. The molecule has 0 heterocycles. The lowest BCUT2D eigenvalue weighted by molar-refractivity contribution is -0.131. The van der Waals surface area contributed by atoms with Gasteiger partial charge in [0.15, 0.2) is 0 Å². The number of hydrogen-bond acceptors (Lipinski definition) is 2. The quantitative estimate of drug-likeness (QED) is 0.840. The Kier molecular flexibility index (Phi) is 4.43. The molecule has 2 aromatic carbocycles. The second-order valence-electron chi connectivity index (χ2n) is 4.23. The molecule has 0 amide bonds. The standard InChI is InChI=1S/C16H13ClO3/c1-11-4-2-3-5-14(11)20-15-8-6-12(10-13(15)17)7-9-16(18)19/h2-10H,1H3,(H,18,19)/b9-7+. The minimum Gasteiger partial charge on any atom is -0.478 e. The van der Waals surface area contributed by atoms with Gasteiger partial charge in [-0.2, -0.15) is 0 Å². The van der Waals surface area contributed by atoms with Gasteiger partial charge in [0.2, 0.25) is 0 Å². The minimum absolute atomic E-state index is 0.431. The fraction of sp³-hybridized carbons (Fsp3) is 0.0625. The van der Waals surface area contributed by atoms with Crippen LogP contribution in [0, 0.1) is 6.92 Å². The lowest BCUT2D eigenvalue weighted by Gasteiger charge is -2.10. The number of hydrogen-bond donors (Lipinski definition) is 1. The third kappa shape index (κ3) is 3.62. The van der Waals surface area contributed by atoms with Crippen LogP contribution < -0.4 is 4.74 Å². The lowest BCUT2D eigenvalue weighted by atomic mass is 10.2. The molecule has 0 atom stereocenters. The maximum Gasteiger partial charge on any atom is 0.328 e. The van der Waals surface area contributed by atoms with Crippen molar-refractivity contribution in [3.05, 3.63) is 64.7 Å². The summed E-state index contributed by atoms with van der Waals surface area (Å²) in [4.78, 5) is 10.5. The first kappa shape index (κ1) is 14.2. The first-order valence-corrected chi connectivity index (χ1v) is 6.38. The van der Waals surface area contributed by atoms with Crippen molar-refractivity contribution in [3.8, 4) is 11.5 Å². The molecular weight excluding hydrogens is 276 g/mol. The van der Waals surface area contributed by atoms with Gasteiger partial charge in [-0.3, -0.25) is 0 Å². The second kappa shape index (κ2) is 6.26. The summed E-state index contributed by atoms with van der Waals surface area (Å²) in [5.41, 5.74) is 1.72. The highest BCUT2D eigenvalue weighted by Gasteiger charge is 2.05. The van der Waals surface area contributed by atoms with Gasteiger partial charge in [0.1, 0.15) is 11.5 Å². The Morgan fingerprint density at radius 1 is 1.20 bits per heavy atom. The number of rotatable bonds is 4. The molecule has 0 unspecified atom stereocenters. The van der Waals surface area contributed by atoms with E-state index in [1.807, 2.05) is 31.2 Å². The third-order valence-corrected chi connectivity index (χ3v) is 2.98. The molecular formula is C16H13ClO3.